The number of amides is 1. The van der Waals surface area contributed by atoms with Crippen molar-refractivity contribution in [2.24, 2.45) is 5.92 Å². The number of para-hydroxylation sites is 1. The van der Waals surface area contributed by atoms with E-state index in [0.29, 0.717) is 42.9 Å². The molecule has 1 saturated carbocycles. The van der Waals surface area contributed by atoms with Gasteiger partial charge >= 0.3 is 0 Å². The van der Waals surface area contributed by atoms with Crippen molar-refractivity contribution in [3.8, 4) is 5.75 Å². The standard InChI is InChI=1S/C23H25FN2O4S/c24-19-7-14(6-15-12-31-22(28)25-21(15)19)20(27)11-26-10-16-8-18(9-23(16,29)13-26)30-17-4-2-1-3-5-17/h1-7,16,18,20,27,29H,8-13H2,(H,25,28)/t16-,18+,20?,23-/m1/s1. The average Bonchev–Trinajstić information content (AvgIpc) is 3.19. The van der Waals surface area contributed by atoms with Crippen molar-refractivity contribution in [2.45, 2.75) is 36.4 Å². The molecule has 2 aromatic carbocycles. The Morgan fingerprint density at radius 3 is 2.90 bits per heavy atom. The fraction of sp³-hybridized carbons (Fsp3) is 0.435. The van der Waals surface area contributed by atoms with Gasteiger partial charge in [-0.25, -0.2) is 4.39 Å². The molecule has 0 radical (unpaired) electrons. The lowest BCUT2D eigenvalue weighted by atomic mass is 9.95. The number of halogens is 1. The highest BCUT2D eigenvalue weighted by atomic mass is 32.2. The van der Waals surface area contributed by atoms with Gasteiger partial charge in [0.25, 0.3) is 5.24 Å². The topological polar surface area (TPSA) is 82.0 Å². The van der Waals surface area contributed by atoms with E-state index in [1.807, 2.05) is 35.2 Å². The summed E-state index contributed by atoms with van der Waals surface area (Å²) in [6.45, 7) is 1.45. The highest BCUT2D eigenvalue weighted by molar-refractivity contribution is 8.13. The zero-order valence-electron chi connectivity index (χ0n) is 17.0. The number of fused-ring (bicyclic) bond motifs is 2. The normalized spacial score (nSPS) is 28.7. The Labute approximate surface area is 184 Å². The van der Waals surface area contributed by atoms with Crippen LogP contribution in [0, 0.1) is 11.7 Å². The molecule has 0 spiro atoms. The fourth-order valence-corrected chi connectivity index (χ4v) is 5.76. The van der Waals surface area contributed by atoms with Crippen molar-refractivity contribution in [1.82, 2.24) is 4.90 Å². The second kappa shape index (κ2) is 8.09. The first-order valence-electron chi connectivity index (χ1n) is 10.5. The van der Waals surface area contributed by atoms with Crippen molar-refractivity contribution in [1.29, 1.82) is 0 Å². The van der Waals surface area contributed by atoms with E-state index in [1.165, 1.54) is 6.07 Å². The van der Waals surface area contributed by atoms with Crippen molar-refractivity contribution < 1.29 is 24.1 Å². The molecule has 1 unspecified atom stereocenters. The zero-order valence-corrected chi connectivity index (χ0v) is 17.8. The number of likely N-dealkylation sites (tertiary alicyclic amines) is 1. The van der Waals surface area contributed by atoms with Crippen LogP contribution in [0.4, 0.5) is 14.9 Å². The number of aliphatic hydroxyl groups is 2. The Hall–Kier alpha value is -2.13. The van der Waals surface area contributed by atoms with Crippen molar-refractivity contribution in [3.05, 3.63) is 59.4 Å². The Bertz CT molecular complexity index is 991. The number of carbonyl (C=O) groups excluding carboxylic acids is 1. The van der Waals surface area contributed by atoms with Gasteiger partial charge in [-0.15, -0.1) is 0 Å². The van der Waals surface area contributed by atoms with Crippen LogP contribution in [-0.4, -0.2) is 51.7 Å². The molecule has 5 rings (SSSR count). The number of hydrogen-bond acceptors (Lipinski definition) is 6. The number of hydrogen-bond donors (Lipinski definition) is 3. The molecule has 1 aliphatic carbocycles. The Morgan fingerprint density at radius 2 is 2.13 bits per heavy atom. The molecule has 4 atom stereocenters. The van der Waals surface area contributed by atoms with Crippen LogP contribution in [0.1, 0.15) is 30.1 Å². The van der Waals surface area contributed by atoms with Crippen LogP contribution < -0.4 is 10.1 Å². The molecule has 0 bridgehead atoms. The van der Waals surface area contributed by atoms with E-state index in [2.05, 4.69) is 5.32 Å². The lowest BCUT2D eigenvalue weighted by Gasteiger charge is -2.25. The van der Waals surface area contributed by atoms with Crippen LogP contribution in [0.15, 0.2) is 42.5 Å². The SMILES string of the molecule is O=C1Nc2c(F)cc(C(O)CN3C[C@H]4C[C@H](Oc5ccccc5)C[C@@]4(O)C3)cc2CS1. The van der Waals surface area contributed by atoms with E-state index in [4.69, 9.17) is 4.74 Å². The summed E-state index contributed by atoms with van der Waals surface area (Å²) in [5.41, 5.74) is 0.536. The molecule has 2 fully saturated rings. The lowest BCUT2D eigenvalue weighted by Crippen LogP contribution is -2.36. The number of anilines is 1. The first kappa shape index (κ1) is 20.8. The first-order valence-corrected chi connectivity index (χ1v) is 11.5. The minimum Gasteiger partial charge on any atom is -0.490 e. The Morgan fingerprint density at radius 1 is 1.32 bits per heavy atom. The third kappa shape index (κ3) is 4.17. The van der Waals surface area contributed by atoms with Crippen LogP contribution >= 0.6 is 11.8 Å². The highest BCUT2D eigenvalue weighted by Gasteiger charge is 2.52. The second-order valence-corrected chi connectivity index (χ2v) is 9.69. The largest absolute Gasteiger partial charge is 0.490 e. The summed E-state index contributed by atoms with van der Waals surface area (Å²) in [6, 6.07) is 12.7. The quantitative estimate of drug-likeness (QED) is 0.655. The van der Waals surface area contributed by atoms with Gasteiger partial charge in [-0.1, -0.05) is 36.0 Å². The van der Waals surface area contributed by atoms with Gasteiger partial charge in [0.15, 0.2) is 0 Å². The van der Waals surface area contributed by atoms with E-state index in [9.17, 15) is 19.4 Å². The monoisotopic (exact) mass is 444 g/mol. The number of aliphatic hydroxyl groups excluding tert-OH is 1. The summed E-state index contributed by atoms with van der Waals surface area (Å²) in [6.07, 6.45) is 0.430. The van der Waals surface area contributed by atoms with Crippen LogP contribution in [-0.2, 0) is 5.75 Å². The van der Waals surface area contributed by atoms with E-state index in [-0.39, 0.29) is 22.9 Å². The van der Waals surface area contributed by atoms with Crippen molar-refractivity contribution in [3.63, 3.8) is 0 Å². The summed E-state index contributed by atoms with van der Waals surface area (Å²) < 4.78 is 20.5. The minimum atomic E-state index is -0.874. The summed E-state index contributed by atoms with van der Waals surface area (Å²) in [5.74, 6) is 0.748. The van der Waals surface area contributed by atoms with E-state index >= 15 is 0 Å². The first-order chi connectivity index (χ1) is 14.9. The smallest absolute Gasteiger partial charge is 0.283 e. The Kier molecular flexibility index (Phi) is 5.42. The number of carbonyl (C=O) groups is 1. The van der Waals surface area contributed by atoms with Gasteiger partial charge in [0, 0.05) is 37.7 Å². The molecule has 2 aliphatic heterocycles. The van der Waals surface area contributed by atoms with Gasteiger partial charge in [-0.3, -0.25) is 9.69 Å². The van der Waals surface area contributed by atoms with Gasteiger partial charge in [0.2, 0.25) is 0 Å². The van der Waals surface area contributed by atoms with Crippen LogP contribution in [0.25, 0.3) is 0 Å². The van der Waals surface area contributed by atoms with Gasteiger partial charge in [0.1, 0.15) is 17.7 Å². The minimum absolute atomic E-state index is 0.0214. The van der Waals surface area contributed by atoms with Crippen molar-refractivity contribution in [2.75, 3.05) is 25.0 Å². The third-order valence-electron chi connectivity index (χ3n) is 6.51. The number of β-amino-alcohol motifs (C(OH)–C–C–N with tert-alkyl or cyclic N) is 2. The maximum Gasteiger partial charge on any atom is 0.283 e. The molecule has 1 amide bonds. The number of thioether (sulfide) groups is 1. The summed E-state index contributed by atoms with van der Waals surface area (Å²) in [5, 5.41) is 24.2. The van der Waals surface area contributed by atoms with Gasteiger partial charge in [-0.2, -0.15) is 0 Å². The molecule has 31 heavy (non-hydrogen) atoms. The molecule has 2 heterocycles. The van der Waals surface area contributed by atoms with Gasteiger partial charge < -0.3 is 20.3 Å². The fourth-order valence-electron chi connectivity index (χ4n) is 5.07. The molecule has 8 heteroatoms. The maximum absolute atomic E-state index is 14.4. The molecule has 1 saturated heterocycles. The number of nitrogens with one attached hydrogen (secondary N) is 1. The van der Waals surface area contributed by atoms with Crippen LogP contribution in [0.5, 0.6) is 5.75 Å². The highest BCUT2D eigenvalue weighted by Crippen LogP contribution is 2.43. The number of rotatable bonds is 5. The molecular formula is C23H25FN2O4S. The molecule has 0 aromatic heterocycles. The van der Waals surface area contributed by atoms with Gasteiger partial charge in [0.05, 0.1) is 17.4 Å². The Balaban J connectivity index is 1.21. The average molecular weight is 445 g/mol. The molecule has 3 aliphatic rings. The van der Waals surface area contributed by atoms with Crippen LogP contribution in [0.3, 0.4) is 0 Å². The molecule has 2 aromatic rings. The maximum atomic E-state index is 14.4. The van der Waals surface area contributed by atoms with Gasteiger partial charge in [-0.05, 0) is 35.7 Å². The predicted octanol–water partition coefficient (Wildman–Crippen LogP) is 3.54. The zero-order chi connectivity index (χ0) is 21.6. The lowest BCUT2D eigenvalue weighted by molar-refractivity contribution is 0.0178. The van der Waals surface area contributed by atoms with E-state index < -0.39 is 17.5 Å². The summed E-state index contributed by atoms with van der Waals surface area (Å²) in [4.78, 5) is 13.5. The third-order valence-corrected chi connectivity index (χ3v) is 7.33. The molecular weight excluding hydrogens is 419 g/mol. The second-order valence-electron chi connectivity index (χ2n) is 8.74. The number of benzene rings is 2. The number of ether oxygens (including phenoxy) is 1. The van der Waals surface area contributed by atoms with E-state index in [1.54, 1.807) is 6.07 Å². The summed E-state index contributed by atoms with van der Waals surface area (Å²) in [7, 11) is 0. The van der Waals surface area contributed by atoms with E-state index in [0.717, 1.165) is 23.9 Å². The van der Waals surface area contributed by atoms with Crippen LogP contribution in [0.2, 0.25) is 0 Å². The summed E-state index contributed by atoms with van der Waals surface area (Å²) >= 11 is 1.08. The molecule has 6 nitrogen and oxygen atoms in total. The number of nitrogens with zero attached hydrogens (tertiary/aromatic N) is 1. The molecule has 3 N–H and O–H groups in total. The predicted molar refractivity (Wildman–Crippen MR) is 117 cm³/mol. The molecule has 164 valence electrons. The van der Waals surface area contributed by atoms with Crippen molar-refractivity contribution >= 4 is 22.7 Å².